The number of thioether (sulfide) groups is 1. The monoisotopic (exact) mass is 306 g/mol. The first kappa shape index (κ1) is 14.5. The fraction of sp³-hybridized carbons (Fsp3) is 0.500. The summed E-state index contributed by atoms with van der Waals surface area (Å²) in [6.07, 6.45) is 1.83. The number of ether oxygens (including phenoxy) is 1. The highest BCUT2D eigenvalue weighted by Gasteiger charge is 2.19. The van der Waals surface area contributed by atoms with Crippen LogP contribution in [0, 0.1) is 0 Å². The summed E-state index contributed by atoms with van der Waals surface area (Å²) in [6.45, 7) is 1.50. The van der Waals surface area contributed by atoms with Crippen LogP contribution in [0.4, 0.5) is 0 Å². The molecular weight excluding hydrogens is 288 g/mol. The molecule has 0 bridgehead atoms. The summed E-state index contributed by atoms with van der Waals surface area (Å²) in [7, 11) is 0. The van der Waals surface area contributed by atoms with Crippen LogP contribution in [0.2, 0.25) is 0 Å². The van der Waals surface area contributed by atoms with E-state index >= 15 is 0 Å². The molecular formula is C14H18N4O2S. The highest BCUT2D eigenvalue weighted by atomic mass is 32.2. The van der Waals surface area contributed by atoms with E-state index in [-0.39, 0.29) is 6.10 Å². The molecule has 2 atom stereocenters. The molecule has 21 heavy (non-hydrogen) atoms. The molecule has 0 saturated carbocycles. The van der Waals surface area contributed by atoms with Crippen molar-refractivity contribution in [3.63, 3.8) is 0 Å². The Morgan fingerprint density at radius 3 is 3.00 bits per heavy atom. The van der Waals surface area contributed by atoms with Gasteiger partial charge < -0.3 is 9.84 Å². The SMILES string of the molecule is O[C@H](CSc1nnnn1C[C@H]1CCCO1)c1ccccc1. The summed E-state index contributed by atoms with van der Waals surface area (Å²) in [4.78, 5) is 0. The summed E-state index contributed by atoms with van der Waals surface area (Å²) >= 11 is 1.46. The predicted octanol–water partition coefficient (Wildman–Crippen LogP) is 1.68. The van der Waals surface area contributed by atoms with Crippen molar-refractivity contribution in [2.24, 2.45) is 0 Å². The van der Waals surface area contributed by atoms with Crippen molar-refractivity contribution in [3.8, 4) is 0 Å². The highest BCUT2D eigenvalue weighted by molar-refractivity contribution is 7.99. The van der Waals surface area contributed by atoms with Gasteiger partial charge in [-0.05, 0) is 28.8 Å². The fourth-order valence-electron chi connectivity index (χ4n) is 2.32. The van der Waals surface area contributed by atoms with Gasteiger partial charge in [-0.25, -0.2) is 4.68 Å². The molecule has 0 amide bonds. The largest absolute Gasteiger partial charge is 0.388 e. The Bertz CT molecular complexity index is 557. The van der Waals surface area contributed by atoms with Crippen LogP contribution in [0.3, 0.4) is 0 Å². The van der Waals surface area contributed by atoms with Gasteiger partial charge in [0.25, 0.3) is 0 Å². The summed E-state index contributed by atoms with van der Waals surface area (Å²) in [6, 6.07) is 9.61. The van der Waals surface area contributed by atoms with Crippen LogP contribution < -0.4 is 0 Å². The average Bonchev–Trinajstić information content (AvgIpc) is 3.18. The van der Waals surface area contributed by atoms with Crippen molar-refractivity contribution in [3.05, 3.63) is 35.9 Å². The third-order valence-corrected chi connectivity index (χ3v) is 4.49. The minimum absolute atomic E-state index is 0.201. The molecule has 6 nitrogen and oxygen atoms in total. The molecule has 7 heteroatoms. The number of aliphatic hydroxyl groups is 1. The number of aliphatic hydroxyl groups excluding tert-OH is 1. The van der Waals surface area contributed by atoms with Crippen molar-refractivity contribution >= 4 is 11.8 Å². The smallest absolute Gasteiger partial charge is 0.209 e. The molecule has 1 aromatic heterocycles. The Morgan fingerprint density at radius 2 is 2.24 bits per heavy atom. The second-order valence-corrected chi connectivity index (χ2v) is 6.00. The summed E-state index contributed by atoms with van der Waals surface area (Å²) in [5.74, 6) is 0.524. The van der Waals surface area contributed by atoms with Gasteiger partial charge in [-0.2, -0.15) is 0 Å². The third-order valence-electron chi connectivity index (χ3n) is 3.45. The summed E-state index contributed by atoms with van der Waals surface area (Å²) in [5.41, 5.74) is 0.906. The van der Waals surface area contributed by atoms with Crippen LogP contribution in [0.5, 0.6) is 0 Å². The van der Waals surface area contributed by atoms with Crippen molar-refractivity contribution < 1.29 is 9.84 Å². The zero-order valence-electron chi connectivity index (χ0n) is 11.6. The maximum absolute atomic E-state index is 10.2. The van der Waals surface area contributed by atoms with Gasteiger partial charge in [0.1, 0.15) is 0 Å². The second kappa shape index (κ2) is 7.02. The number of hydrogen-bond donors (Lipinski definition) is 1. The van der Waals surface area contributed by atoms with E-state index in [0.717, 1.165) is 30.2 Å². The number of nitrogens with zero attached hydrogens (tertiary/aromatic N) is 4. The molecule has 1 fully saturated rings. The van der Waals surface area contributed by atoms with Crippen molar-refractivity contribution in [2.45, 2.75) is 36.8 Å². The predicted molar refractivity (Wildman–Crippen MR) is 78.9 cm³/mol. The van der Waals surface area contributed by atoms with E-state index in [1.54, 1.807) is 4.68 Å². The standard InChI is InChI=1S/C14H18N4O2S/c19-13(11-5-2-1-3-6-11)10-21-14-15-16-17-18(14)9-12-7-4-8-20-12/h1-3,5-6,12-13,19H,4,7-10H2/t12-,13-/m1/s1. The topological polar surface area (TPSA) is 73.1 Å². The normalized spacial score (nSPS) is 19.8. The molecule has 1 saturated heterocycles. The molecule has 112 valence electrons. The molecule has 0 spiro atoms. The molecule has 0 unspecified atom stereocenters. The van der Waals surface area contributed by atoms with E-state index in [1.807, 2.05) is 30.3 Å². The van der Waals surface area contributed by atoms with Gasteiger partial charge in [-0.1, -0.05) is 42.1 Å². The Labute approximate surface area is 127 Å². The summed E-state index contributed by atoms with van der Waals surface area (Å²) in [5, 5.41) is 22.6. The molecule has 2 heterocycles. The molecule has 1 aliphatic heterocycles. The van der Waals surface area contributed by atoms with Crippen LogP contribution in [0.15, 0.2) is 35.5 Å². The molecule has 1 aliphatic rings. The summed E-state index contributed by atoms with van der Waals surface area (Å²) < 4.78 is 7.36. The van der Waals surface area contributed by atoms with Crippen molar-refractivity contribution in [2.75, 3.05) is 12.4 Å². The molecule has 0 aliphatic carbocycles. The third kappa shape index (κ3) is 3.81. The van der Waals surface area contributed by atoms with Crippen LogP contribution >= 0.6 is 11.8 Å². The Kier molecular flexibility index (Phi) is 4.84. The van der Waals surface area contributed by atoms with Gasteiger partial charge in [-0.15, -0.1) is 5.10 Å². The quantitative estimate of drug-likeness (QED) is 0.819. The molecule has 1 aromatic carbocycles. The fourth-order valence-corrected chi connectivity index (χ4v) is 3.17. The lowest BCUT2D eigenvalue weighted by molar-refractivity contribution is 0.0911. The lowest BCUT2D eigenvalue weighted by Gasteiger charge is -2.12. The number of benzene rings is 1. The van der Waals surface area contributed by atoms with Crippen LogP contribution in [0.25, 0.3) is 0 Å². The average molecular weight is 306 g/mol. The minimum Gasteiger partial charge on any atom is -0.388 e. The Hall–Kier alpha value is -1.44. The first-order valence-electron chi connectivity index (χ1n) is 7.06. The van der Waals surface area contributed by atoms with Crippen molar-refractivity contribution in [1.29, 1.82) is 0 Å². The van der Waals surface area contributed by atoms with Crippen LogP contribution in [-0.4, -0.2) is 43.8 Å². The first-order valence-corrected chi connectivity index (χ1v) is 8.05. The van der Waals surface area contributed by atoms with Gasteiger partial charge in [0, 0.05) is 12.4 Å². The Balaban J connectivity index is 1.57. The maximum atomic E-state index is 10.2. The zero-order chi connectivity index (χ0) is 14.5. The second-order valence-electron chi connectivity index (χ2n) is 5.02. The number of tetrazole rings is 1. The molecule has 0 radical (unpaired) electrons. The number of aromatic nitrogens is 4. The van der Waals surface area contributed by atoms with E-state index in [0.29, 0.717) is 12.3 Å². The van der Waals surface area contributed by atoms with Gasteiger partial charge >= 0.3 is 0 Å². The van der Waals surface area contributed by atoms with Crippen LogP contribution in [0.1, 0.15) is 24.5 Å². The van der Waals surface area contributed by atoms with Gasteiger partial charge in [0.05, 0.1) is 18.8 Å². The lowest BCUT2D eigenvalue weighted by atomic mass is 10.1. The Morgan fingerprint density at radius 1 is 1.38 bits per heavy atom. The van der Waals surface area contributed by atoms with E-state index in [4.69, 9.17) is 4.74 Å². The number of rotatable bonds is 6. The van der Waals surface area contributed by atoms with Gasteiger partial charge in [0.2, 0.25) is 5.16 Å². The minimum atomic E-state index is -0.524. The van der Waals surface area contributed by atoms with E-state index < -0.39 is 6.10 Å². The molecule has 3 rings (SSSR count). The highest BCUT2D eigenvalue weighted by Crippen LogP contribution is 2.23. The molecule has 2 aromatic rings. The lowest BCUT2D eigenvalue weighted by Crippen LogP contribution is -2.17. The van der Waals surface area contributed by atoms with E-state index in [1.165, 1.54) is 11.8 Å². The van der Waals surface area contributed by atoms with Gasteiger partial charge in [-0.3, -0.25) is 0 Å². The van der Waals surface area contributed by atoms with E-state index in [9.17, 15) is 5.11 Å². The van der Waals surface area contributed by atoms with Gasteiger partial charge in [0.15, 0.2) is 0 Å². The van der Waals surface area contributed by atoms with E-state index in [2.05, 4.69) is 15.5 Å². The first-order chi connectivity index (χ1) is 10.3. The number of hydrogen-bond acceptors (Lipinski definition) is 6. The maximum Gasteiger partial charge on any atom is 0.209 e. The van der Waals surface area contributed by atoms with Crippen LogP contribution in [-0.2, 0) is 11.3 Å². The van der Waals surface area contributed by atoms with Crippen molar-refractivity contribution in [1.82, 2.24) is 20.2 Å². The zero-order valence-corrected chi connectivity index (χ0v) is 12.4. The molecule has 1 N–H and O–H groups in total.